The highest BCUT2D eigenvalue weighted by atomic mass is 32.2. The first kappa shape index (κ1) is 14.6. The van der Waals surface area contributed by atoms with Gasteiger partial charge in [0.1, 0.15) is 0 Å². The molecule has 1 rings (SSSR count). The Balaban J connectivity index is 2.39. The summed E-state index contributed by atoms with van der Waals surface area (Å²) < 4.78 is 0. The van der Waals surface area contributed by atoms with Crippen molar-refractivity contribution in [3.05, 3.63) is 29.8 Å². The van der Waals surface area contributed by atoms with E-state index in [4.69, 9.17) is 11.5 Å². The maximum Gasteiger partial charge on any atom is 0.00721 e. The Bertz CT molecular complexity index is 294. The molecule has 0 radical (unpaired) electrons. The lowest BCUT2D eigenvalue weighted by atomic mass is 10.00. The minimum atomic E-state index is 0.462. The van der Waals surface area contributed by atoms with Crippen LogP contribution in [0.3, 0.4) is 0 Å². The molecule has 0 saturated heterocycles. The molecule has 3 heteroatoms. The standard InChI is InChI=1S/C14H24N2S/c1-2-9-17-14-7-5-12(6-8-14)3-4-13(10-15)11-16/h5-8,13H,2-4,9-11,15-16H2,1H3. The third kappa shape index (κ3) is 5.57. The quantitative estimate of drug-likeness (QED) is 0.699. The number of nitrogens with two attached hydrogens (primary N) is 2. The molecule has 0 saturated carbocycles. The second-order valence-corrected chi connectivity index (χ2v) is 5.54. The van der Waals surface area contributed by atoms with Crippen molar-refractivity contribution in [3.8, 4) is 0 Å². The van der Waals surface area contributed by atoms with Crippen molar-refractivity contribution in [1.82, 2.24) is 0 Å². The van der Waals surface area contributed by atoms with Crippen molar-refractivity contribution in [2.75, 3.05) is 18.8 Å². The molecule has 17 heavy (non-hydrogen) atoms. The van der Waals surface area contributed by atoms with Crippen molar-refractivity contribution < 1.29 is 0 Å². The molecule has 0 atom stereocenters. The summed E-state index contributed by atoms with van der Waals surface area (Å²) >= 11 is 1.92. The fourth-order valence-corrected chi connectivity index (χ4v) is 2.44. The van der Waals surface area contributed by atoms with Gasteiger partial charge in [0.15, 0.2) is 0 Å². The first-order valence-electron chi connectivity index (χ1n) is 6.42. The first-order valence-corrected chi connectivity index (χ1v) is 7.40. The van der Waals surface area contributed by atoms with Crippen LogP contribution in [0.1, 0.15) is 25.3 Å². The van der Waals surface area contributed by atoms with Crippen LogP contribution in [0.15, 0.2) is 29.2 Å². The van der Waals surface area contributed by atoms with E-state index in [0.29, 0.717) is 19.0 Å². The summed E-state index contributed by atoms with van der Waals surface area (Å²) in [7, 11) is 0. The summed E-state index contributed by atoms with van der Waals surface area (Å²) in [4.78, 5) is 1.37. The van der Waals surface area contributed by atoms with Crippen LogP contribution in [0.5, 0.6) is 0 Å². The molecule has 0 aliphatic heterocycles. The highest BCUT2D eigenvalue weighted by Crippen LogP contribution is 2.20. The lowest BCUT2D eigenvalue weighted by molar-refractivity contribution is 0.508. The number of hydrogen-bond donors (Lipinski definition) is 2. The monoisotopic (exact) mass is 252 g/mol. The fraction of sp³-hybridized carbons (Fsp3) is 0.571. The molecule has 0 unspecified atom stereocenters. The van der Waals surface area contributed by atoms with Gasteiger partial charge < -0.3 is 11.5 Å². The zero-order valence-corrected chi connectivity index (χ0v) is 11.5. The fourth-order valence-electron chi connectivity index (χ4n) is 1.67. The third-order valence-corrected chi connectivity index (χ3v) is 4.12. The largest absolute Gasteiger partial charge is 0.330 e. The first-order chi connectivity index (χ1) is 8.30. The van der Waals surface area contributed by atoms with Crippen molar-refractivity contribution in [1.29, 1.82) is 0 Å². The number of aryl methyl sites for hydroxylation is 1. The average Bonchev–Trinajstić information content (AvgIpc) is 2.39. The van der Waals surface area contributed by atoms with E-state index in [1.54, 1.807) is 0 Å². The second-order valence-electron chi connectivity index (χ2n) is 4.37. The van der Waals surface area contributed by atoms with E-state index in [1.165, 1.54) is 22.6 Å². The van der Waals surface area contributed by atoms with Gasteiger partial charge in [0.2, 0.25) is 0 Å². The number of benzene rings is 1. The van der Waals surface area contributed by atoms with Gasteiger partial charge >= 0.3 is 0 Å². The van der Waals surface area contributed by atoms with Crippen LogP contribution < -0.4 is 11.5 Å². The van der Waals surface area contributed by atoms with Gasteiger partial charge in [0.25, 0.3) is 0 Å². The van der Waals surface area contributed by atoms with E-state index < -0.39 is 0 Å². The maximum absolute atomic E-state index is 5.64. The smallest absolute Gasteiger partial charge is 0.00721 e. The van der Waals surface area contributed by atoms with Crippen molar-refractivity contribution in [2.45, 2.75) is 31.1 Å². The average molecular weight is 252 g/mol. The lowest BCUT2D eigenvalue weighted by Gasteiger charge is -2.11. The Morgan fingerprint density at radius 3 is 2.29 bits per heavy atom. The van der Waals surface area contributed by atoms with Crippen LogP contribution in [0.2, 0.25) is 0 Å². The molecule has 0 spiro atoms. The topological polar surface area (TPSA) is 52.0 Å². The van der Waals surface area contributed by atoms with Crippen LogP contribution >= 0.6 is 11.8 Å². The summed E-state index contributed by atoms with van der Waals surface area (Å²) in [5, 5.41) is 0. The van der Waals surface area contributed by atoms with E-state index in [-0.39, 0.29) is 0 Å². The SMILES string of the molecule is CCCSc1ccc(CCC(CN)CN)cc1. The van der Waals surface area contributed by atoms with Crippen molar-refractivity contribution in [3.63, 3.8) is 0 Å². The van der Waals surface area contributed by atoms with Crippen LogP contribution in [0.4, 0.5) is 0 Å². The molecule has 0 aliphatic rings. The molecule has 0 aromatic heterocycles. The van der Waals surface area contributed by atoms with E-state index in [1.807, 2.05) is 11.8 Å². The molecule has 0 amide bonds. The third-order valence-electron chi connectivity index (χ3n) is 2.90. The van der Waals surface area contributed by atoms with Crippen LogP contribution in [0, 0.1) is 5.92 Å². The molecule has 0 heterocycles. The van der Waals surface area contributed by atoms with Gasteiger partial charge in [0, 0.05) is 4.90 Å². The summed E-state index contributed by atoms with van der Waals surface area (Å²) in [6.45, 7) is 3.60. The minimum absolute atomic E-state index is 0.462. The summed E-state index contributed by atoms with van der Waals surface area (Å²) in [5.74, 6) is 1.66. The second kappa shape index (κ2) is 8.56. The number of hydrogen-bond acceptors (Lipinski definition) is 3. The van der Waals surface area contributed by atoms with Gasteiger partial charge in [-0.25, -0.2) is 0 Å². The summed E-state index contributed by atoms with van der Waals surface area (Å²) in [6, 6.07) is 8.88. The minimum Gasteiger partial charge on any atom is -0.330 e. The molecule has 4 N–H and O–H groups in total. The van der Waals surface area contributed by atoms with Crippen LogP contribution in [0.25, 0.3) is 0 Å². The molecular weight excluding hydrogens is 228 g/mol. The zero-order chi connectivity index (χ0) is 12.5. The van der Waals surface area contributed by atoms with Gasteiger partial charge in [0.05, 0.1) is 0 Å². The molecule has 0 aliphatic carbocycles. The molecule has 0 fully saturated rings. The molecule has 96 valence electrons. The predicted molar refractivity (Wildman–Crippen MR) is 77.4 cm³/mol. The Morgan fingerprint density at radius 1 is 1.12 bits per heavy atom. The Morgan fingerprint density at radius 2 is 1.76 bits per heavy atom. The summed E-state index contributed by atoms with van der Waals surface area (Å²) in [5.41, 5.74) is 12.7. The molecule has 0 bridgehead atoms. The van der Waals surface area contributed by atoms with Gasteiger partial charge in [-0.15, -0.1) is 11.8 Å². The van der Waals surface area contributed by atoms with Gasteiger partial charge in [-0.1, -0.05) is 19.1 Å². The summed E-state index contributed by atoms with van der Waals surface area (Å²) in [6.07, 6.45) is 3.40. The number of thioether (sulfide) groups is 1. The van der Waals surface area contributed by atoms with E-state index in [2.05, 4.69) is 31.2 Å². The Labute approximate surface area is 109 Å². The number of rotatable bonds is 8. The van der Waals surface area contributed by atoms with Crippen molar-refractivity contribution >= 4 is 11.8 Å². The lowest BCUT2D eigenvalue weighted by Crippen LogP contribution is -2.23. The highest BCUT2D eigenvalue weighted by Gasteiger charge is 2.04. The molecule has 1 aromatic rings. The van der Waals surface area contributed by atoms with Crippen LogP contribution in [-0.4, -0.2) is 18.8 Å². The molecule has 1 aromatic carbocycles. The molecule has 2 nitrogen and oxygen atoms in total. The maximum atomic E-state index is 5.64. The highest BCUT2D eigenvalue weighted by molar-refractivity contribution is 7.99. The predicted octanol–water partition coefficient (Wildman–Crippen LogP) is 2.65. The van der Waals surface area contributed by atoms with Gasteiger partial charge in [-0.3, -0.25) is 0 Å². The van der Waals surface area contributed by atoms with E-state index in [9.17, 15) is 0 Å². The van der Waals surface area contributed by atoms with E-state index >= 15 is 0 Å². The van der Waals surface area contributed by atoms with Gasteiger partial charge in [-0.2, -0.15) is 0 Å². The Kier molecular flexibility index (Phi) is 7.33. The van der Waals surface area contributed by atoms with Gasteiger partial charge in [-0.05, 0) is 61.7 Å². The van der Waals surface area contributed by atoms with E-state index in [0.717, 1.165) is 12.8 Å². The normalized spacial score (nSPS) is 11.1. The van der Waals surface area contributed by atoms with Crippen LogP contribution in [-0.2, 0) is 6.42 Å². The zero-order valence-electron chi connectivity index (χ0n) is 10.7. The van der Waals surface area contributed by atoms with Crippen molar-refractivity contribution in [2.24, 2.45) is 17.4 Å². The Hall–Kier alpha value is -0.510. The molecular formula is C14H24N2S.